The van der Waals surface area contributed by atoms with Crippen molar-refractivity contribution in [2.24, 2.45) is 0 Å². The molecule has 1 aliphatic rings. The molecule has 0 spiro atoms. The fraction of sp³-hybridized carbons (Fsp3) is 0.0588. The Kier molecular flexibility index (Phi) is 3.82. The van der Waals surface area contributed by atoms with E-state index >= 15 is 0 Å². The van der Waals surface area contributed by atoms with Gasteiger partial charge in [0.15, 0.2) is 0 Å². The van der Waals surface area contributed by atoms with Crippen molar-refractivity contribution in [1.82, 2.24) is 9.97 Å². The molecule has 0 amide bonds. The summed E-state index contributed by atoms with van der Waals surface area (Å²) in [6.07, 6.45) is 1.46. The molecule has 0 atom stereocenters. The second-order valence-corrected chi connectivity index (χ2v) is 7.64. The van der Waals surface area contributed by atoms with E-state index < -0.39 is 10.0 Å². The summed E-state index contributed by atoms with van der Waals surface area (Å²) in [6, 6.07) is 15.2. The monoisotopic (exact) mass is 373 g/mol. The molecule has 1 aromatic heterocycles. The highest BCUT2D eigenvalue weighted by Crippen LogP contribution is 2.34. The van der Waals surface area contributed by atoms with Crippen LogP contribution in [0.15, 0.2) is 65.7 Å². The van der Waals surface area contributed by atoms with Crippen LogP contribution in [-0.4, -0.2) is 18.4 Å². The lowest BCUT2D eigenvalue weighted by atomic mass is 10.2. The number of benzene rings is 2. The van der Waals surface area contributed by atoms with E-state index in [0.717, 1.165) is 5.56 Å². The predicted octanol–water partition coefficient (Wildman–Crippen LogP) is 3.63. The van der Waals surface area contributed by atoms with Crippen LogP contribution in [-0.2, 0) is 16.6 Å². The molecule has 8 heteroatoms. The lowest BCUT2D eigenvalue weighted by Crippen LogP contribution is -2.24. The van der Waals surface area contributed by atoms with Gasteiger partial charge in [-0.05, 0) is 35.9 Å². The molecule has 0 saturated heterocycles. The summed E-state index contributed by atoms with van der Waals surface area (Å²) in [5.41, 5.74) is 0.737. The minimum absolute atomic E-state index is 0.0611. The van der Waals surface area contributed by atoms with Crippen LogP contribution in [0.3, 0.4) is 0 Å². The SMILES string of the molecule is O=S1(=O)c2ccccc2CN1c1ccnc(Oc2ccc(Cl)cc2)n1. The zero-order valence-corrected chi connectivity index (χ0v) is 14.4. The minimum Gasteiger partial charge on any atom is -0.424 e. The van der Waals surface area contributed by atoms with E-state index in [0.29, 0.717) is 15.7 Å². The minimum atomic E-state index is -3.62. The number of fused-ring (bicyclic) bond motifs is 1. The number of rotatable bonds is 3. The van der Waals surface area contributed by atoms with Gasteiger partial charge in [-0.25, -0.2) is 17.7 Å². The van der Waals surface area contributed by atoms with Gasteiger partial charge in [-0.1, -0.05) is 29.8 Å². The number of anilines is 1. The van der Waals surface area contributed by atoms with Gasteiger partial charge < -0.3 is 4.74 Å². The second kappa shape index (κ2) is 6.02. The summed E-state index contributed by atoms with van der Waals surface area (Å²) in [5.74, 6) is 0.768. The Hall–Kier alpha value is -2.64. The van der Waals surface area contributed by atoms with Crippen molar-refractivity contribution in [2.45, 2.75) is 11.4 Å². The maximum atomic E-state index is 12.7. The summed E-state index contributed by atoms with van der Waals surface area (Å²) >= 11 is 5.84. The Morgan fingerprint density at radius 3 is 2.56 bits per heavy atom. The molecule has 0 unspecified atom stereocenters. The fourth-order valence-electron chi connectivity index (χ4n) is 2.58. The Bertz CT molecular complexity index is 1040. The highest BCUT2D eigenvalue weighted by Gasteiger charge is 2.35. The van der Waals surface area contributed by atoms with Gasteiger partial charge in [0.1, 0.15) is 11.6 Å². The van der Waals surface area contributed by atoms with Gasteiger partial charge in [0.2, 0.25) is 0 Å². The molecule has 3 aromatic rings. The van der Waals surface area contributed by atoms with Gasteiger partial charge in [0, 0.05) is 17.3 Å². The van der Waals surface area contributed by atoms with E-state index in [1.165, 1.54) is 16.6 Å². The third-order valence-corrected chi connectivity index (χ3v) is 5.85. The van der Waals surface area contributed by atoms with E-state index in [-0.39, 0.29) is 18.4 Å². The van der Waals surface area contributed by atoms with Crippen molar-refractivity contribution < 1.29 is 13.2 Å². The van der Waals surface area contributed by atoms with Crippen molar-refractivity contribution in [1.29, 1.82) is 0 Å². The molecule has 2 heterocycles. The Balaban J connectivity index is 1.65. The number of aromatic nitrogens is 2. The van der Waals surface area contributed by atoms with Crippen molar-refractivity contribution in [3.8, 4) is 11.8 Å². The first-order valence-electron chi connectivity index (χ1n) is 7.41. The smallest absolute Gasteiger partial charge is 0.323 e. The standard InChI is InChI=1S/C17H12ClN3O3S/c18-13-5-7-14(8-6-13)24-17-19-10-9-16(20-17)21-11-12-3-1-2-4-15(12)25(21,22)23/h1-10H,11H2. The van der Waals surface area contributed by atoms with E-state index in [4.69, 9.17) is 16.3 Å². The first-order valence-corrected chi connectivity index (χ1v) is 9.23. The van der Waals surface area contributed by atoms with Crippen LogP contribution < -0.4 is 9.04 Å². The van der Waals surface area contributed by atoms with Gasteiger partial charge in [-0.2, -0.15) is 4.98 Å². The molecule has 126 valence electrons. The van der Waals surface area contributed by atoms with Crippen molar-refractivity contribution >= 4 is 27.4 Å². The van der Waals surface area contributed by atoms with Crippen LogP contribution in [0, 0.1) is 0 Å². The molecule has 1 aliphatic heterocycles. The molecule has 0 fully saturated rings. The van der Waals surface area contributed by atoms with Gasteiger partial charge in [0.25, 0.3) is 10.0 Å². The number of sulfonamides is 1. The molecule has 0 radical (unpaired) electrons. The van der Waals surface area contributed by atoms with Crippen LogP contribution in [0.4, 0.5) is 5.82 Å². The Labute approximate surface area is 149 Å². The topological polar surface area (TPSA) is 72.4 Å². The number of nitrogens with zero attached hydrogens (tertiary/aromatic N) is 3. The second-order valence-electron chi connectivity index (χ2n) is 5.37. The van der Waals surface area contributed by atoms with E-state index in [1.807, 2.05) is 6.07 Å². The summed E-state index contributed by atoms with van der Waals surface area (Å²) in [4.78, 5) is 8.57. The third-order valence-electron chi connectivity index (χ3n) is 3.75. The number of hydrogen-bond acceptors (Lipinski definition) is 5. The van der Waals surface area contributed by atoms with E-state index in [9.17, 15) is 8.42 Å². The van der Waals surface area contributed by atoms with Gasteiger partial charge >= 0.3 is 6.01 Å². The molecule has 0 bridgehead atoms. The maximum absolute atomic E-state index is 12.7. The molecular formula is C17H12ClN3O3S. The fourth-order valence-corrected chi connectivity index (χ4v) is 4.31. The van der Waals surface area contributed by atoms with Crippen LogP contribution in [0.25, 0.3) is 0 Å². The number of ether oxygens (including phenoxy) is 1. The molecule has 4 rings (SSSR count). The first-order chi connectivity index (χ1) is 12.0. The maximum Gasteiger partial charge on any atom is 0.323 e. The molecule has 6 nitrogen and oxygen atoms in total. The number of halogens is 1. The third kappa shape index (κ3) is 2.92. The average Bonchev–Trinajstić information content (AvgIpc) is 2.89. The largest absolute Gasteiger partial charge is 0.424 e. The molecule has 0 N–H and O–H groups in total. The predicted molar refractivity (Wildman–Crippen MR) is 93.4 cm³/mol. The molecule has 25 heavy (non-hydrogen) atoms. The number of hydrogen-bond donors (Lipinski definition) is 0. The van der Waals surface area contributed by atoms with Crippen molar-refractivity contribution in [3.05, 3.63) is 71.4 Å². The van der Waals surface area contributed by atoms with E-state index in [1.54, 1.807) is 42.5 Å². The van der Waals surface area contributed by atoms with Gasteiger partial charge in [-0.3, -0.25) is 0 Å². The van der Waals surface area contributed by atoms with Gasteiger partial charge in [0.05, 0.1) is 11.4 Å². The van der Waals surface area contributed by atoms with Crippen LogP contribution in [0.1, 0.15) is 5.56 Å². The molecule has 2 aromatic carbocycles. The van der Waals surface area contributed by atoms with E-state index in [2.05, 4.69) is 9.97 Å². The van der Waals surface area contributed by atoms with Crippen molar-refractivity contribution in [2.75, 3.05) is 4.31 Å². The Morgan fingerprint density at radius 2 is 1.80 bits per heavy atom. The summed E-state index contributed by atoms with van der Waals surface area (Å²) in [7, 11) is -3.62. The first kappa shape index (κ1) is 15.9. The molecule has 0 aliphatic carbocycles. The highest BCUT2D eigenvalue weighted by atomic mass is 35.5. The molecular weight excluding hydrogens is 362 g/mol. The normalized spacial score (nSPS) is 15.0. The molecule has 0 saturated carbocycles. The lowest BCUT2D eigenvalue weighted by Gasteiger charge is -2.16. The van der Waals surface area contributed by atoms with Gasteiger partial charge in [-0.15, -0.1) is 0 Å². The summed E-state index contributed by atoms with van der Waals surface area (Å²) < 4.78 is 32.2. The zero-order chi connectivity index (χ0) is 17.4. The Morgan fingerprint density at radius 1 is 1.04 bits per heavy atom. The van der Waals surface area contributed by atoms with Crippen molar-refractivity contribution in [3.63, 3.8) is 0 Å². The van der Waals surface area contributed by atoms with Crippen LogP contribution in [0.2, 0.25) is 5.02 Å². The average molecular weight is 374 g/mol. The quantitative estimate of drug-likeness (QED) is 0.701. The van der Waals surface area contributed by atoms with Crippen LogP contribution >= 0.6 is 11.6 Å². The summed E-state index contributed by atoms with van der Waals surface area (Å²) in [5, 5.41) is 0.586. The zero-order valence-electron chi connectivity index (χ0n) is 12.8. The van der Waals surface area contributed by atoms with Crippen LogP contribution in [0.5, 0.6) is 11.8 Å². The summed E-state index contributed by atoms with van der Waals surface area (Å²) in [6.45, 7) is 0.232. The lowest BCUT2D eigenvalue weighted by molar-refractivity contribution is 0.442. The highest BCUT2D eigenvalue weighted by molar-refractivity contribution is 7.93.